The van der Waals surface area contributed by atoms with E-state index < -0.39 is 11.6 Å². The summed E-state index contributed by atoms with van der Waals surface area (Å²) in [6.45, 7) is 16.9. The summed E-state index contributed by atoms with van der Waals surface area (Å²) in [5.74, 6) is -0.0621. The van der Waals surface area contributed by atoms with Gasteiger partial charge < -0.3 is 19.7 Å². The lowest BCUT2D eigenvalue weighted by Crippen LogP contribution is -2.35. The van der Waals surface area contributed by atoms with Gasteiger partial charge in [-0.15, -0.1) is 0 Å². The van der Waals surface area contributed by atoms with Crippen molar-refractivity contribution in [2.24, 2.45) is 18.9 Å². The number of pyridine rings is 1. The second-order valence-electron chi connectivity index (χ2n) is 15.7. The standard InChI is InChI=1S/C43H49F3N8/c1-26-8-6-7-9-41-37(23-47-51(41)5)39-17-32(16-27(2)48-39)28(3)49-43-50-40-22-38(46)36(21-42(40)54(43)24-26)30-10-13-52(14-11-30)29(4)31-12-15-53(25-31)35-19-33(44)18-34(45)20-35/h16-23,26,30-31H,3-4,6-15,24-25H2,1-2,5H3,(H,49,50)/t26-,31?/m1/s1. The highest BCUT2D eigenvalue weighted by atomic mass is 19.1. The van der Waals surface area contributed by atoms with Crippen LogP contribution >= 0.6 is 0 Å². The number of fused-ring (bicyclic) bond motifs is 7. The molecule has 2 atom stereocenters. The molecule has 0 aliphatic carbocycles. The minimum atomic E-state index is -0.565. The van der Waals surface area contributed by atoms with E-state index in [4.69, 9.17) is 9.97 Å². The fourth-order valence-electron chi connectivity index (χ4n) is 8.83. The molecule has 8 nitrogen and oxygen atoms in total. The van der Waals surface area contributed by atoms with Gasteiger partial charge in [-0.05, 0) is 93.2 Å². The zero-order chi connectivity index (χ0) is 37.7. The minimum Gasteiger partial charge on any atom is -0.375 e. The molecular formula is C43H49F3N8. The largest absolute Gasteiger partial charge is 0.375 e. The third-order valence-electron chi connectivity index (χ3n) is 11.8. The van der Waals surface area contributed by atoms with Crippen molar-refractivity contribution in [3.63, 3.8) is 0 Å². The Morgan fingerprint density at radius 1 is 0.889 bits per heavy atom. The van der Waals surface area contributed by atoms with E-state index in [-0.39, 0.29) is 17.7 Å². The van der Waals surface area contributed by atoms with Crippen molar-refractivity contribution in [2.75, 3.05) is 36.4 Å². The SMILES string of the molecule is C=C1Nc2nc3cc(F)c(C4CCN(C(=C)C5CCN(c6cc(F)cc(F)c6)C5)CC4)cc3n2C[C@H](C)CCCCc2c(cnn2C)-c2cc1cc(C)n2. The second kappa shape index (κ2) is 14.6. The third-order valence-corrected chi connectivity index (χ3v) is 11.8. The molecule has 2 fully saturated rings. The highest BCUT2D eigenvalue weighted by Crippen LogP contribution is 2.38. The maximum Gasteiger partial charge on any atom is 0.208 e. The molecule has 3 aliphatic rings. The number of nitrogens with one attached hydrogen (secondary N) is 1. The van der Waals surface area contributed by atoms with Crippen LogP contribution in [0, 0.1) is 36.2 Å². The van der Waals surface area contributed by atoms with E-state index in [9.17, 15) is 8.78 Å². The molecule has 11 heteroatoms. The molecule has 6 heterocycles. The lowest BCUT2D eigenvalue weighted by atomic mass is 9.88. The maximum absolute atomic E-state index is 16.0. The predicted octanol–water partition coefficient (Wildman–Crippen LogP) is 9.22. The van der Waals surface area contributed by atoms with Crippen LogP contribution in [-0.4, -0.2) is 55.4 Å². The number of rotatable bonds is 4. The number of imidazole rings is 1. The van der Waals surface area contributed by atoms with Crippen molar-refractivity contribution in [1.29, 1.82) is 0 Å². The van der Waals surface area contributed by atoms with Crippen molar-refractivity contribution in [2.45, 2.75) is 71.3 Å². The molecule has 2 aromatic carbocycles. The highest BCUT2D eigenvalue weighted by Gasteiger charge is 2.31. The zero-order valence-corrected chi connectivity index (χ0v) is 31.5. The molecule has 5 aromatic rings. The summed E-state index contributed by atoms with van der Waals surface area (Å²) in [4.78, 5) is 14.2. The van der Waals surface area contributed by atoms with Crippen LogP contribution < -0.4 is 10.2 Å². The summed E-state index contributed by atoms with van der Waals surface area (Å²) in [5.41, 5.74) is 9.53. The van der Waals surface area contributed by atoms with Crippen LogP contribution in [-0.2, 0) is 20.0 Å². The highest BCUT2D eigenvalue weighted by molar-refractivity contribution is 5.83. The molecule has 0 saturated carbocycles. The Labute approximate surface area is 315 Å². The van der Waals surface area contributed by atoms with Gasteiger partial charge in [-0.2, -0.15) is 5.10 Å². The van der Waals surface area contributed by atoms with Crippen molar-refractivity contribution in [1.82, 2.24) is 29.2 Å². The first-order valence-electron chi connectivity index (χ1n) is 19.3. The molecule has 8 rings (SSSR count). The first-order valence-corrected chi connectivity index (χ1v) is 19.3. The van der Waals surface area contributed by atoms with E-state index in [1.807, 2.05) is 41.9 Å². The van der Waals surface area contributed by atoms with E-state index in [2.05, 4.69) is 46.0 Å². The number of nitrogens with zero attached hydrogens (tertiary/aromatic N) is 7. The Bertz CT molecular complexity index is 2210. The molecule has 1 N–H and O–H groups in total. The van der Waals surface area contributed by atoms with Crippen LogP contribution in [0.15, 0.2) is 67.5 Å². The fraction of sp³-hybridized carbons (Fsp3) is 0.419. The van der Waals surface area contributed by atoms with Crippen molar-refractivity contribution >= 4 is 28.4 Å². The molecule has 3 aliphatic heterocycles. The molecule has 3 aromatic heterocycles. The summed E-state index contributed by atoms with van der Waals surface area (Å²) < 4.78 is 48.0. The first-order chi connectivity index (χ1) is 26.0. The van der Waals surface area contributed by atoms with Gasteiger partial charge in [0.1, 0.15) is 17.5 Å². The topological polar surface area (TPSA) is 67.0 Å². The summed E-state index contributed by atoms with van der Waals surface area (Å²) >= 11 is 0. The molecule has 0 spiro atoms. The van der Waals surface area contributed by atoms with Gasteiger partial charge in [0, 0.05) is 97.4 Å². The van der Waals surface area contributed by atoms with Gasteiger partial charge in [-0.25, -0.2) is 18.2 Å². The Morgan fingerprint density at radius 3 is 2.44 bits per heavy atom. The van der Waals surface area contributed by atoms with Gasteiger partial charge in [0.25, 0.3) is 0 Å². The minimum absolute atomic E-state index is 0.0666. The Morgan fingerprint density at radius 2 is 1.67 bits per heavy atom. The Hall–Kier alpha value is -5.06. The van der Waals surface area contributed by atoms with Gasteiger partial charge in [-0.3, -0.25) is 9.67 Å². The number of likely N-dealkylation sites (tertiary alicyclic amines) is 1. The van der Waals surface area contributed by atoms with Crippen LogP contribution in [0.5, 0.6) is 0 Å². The monoisotopic (exact) mass is 734 g/mol. The van der Waals surface area contributed by atoms with Crippen LogP contribution in [0.4, 0.5) is 24.8 Å². The molecular weight excluding hydrogens is 686 g/mol. The third kappa shape index (κ3) is 7.12. The predicted molar refractivity (Wildman–Crippen MR) is 210 cm³/mol. The molecule has 54 heavy (non-hydrogen) atoms. The number of piperidine rings is 1. The second-order valence-corrected chi connectivity index (χ2v) is 15.7. The van der Waals surface area contributed by atoms with E-state index in [1.54, 1.807) is 6.07 Å². The van der Waals surface area contributed by atoms with Gasteiger partial charge in [0.15, 0.2) is 0 Å². The number of hydrogen-bond acceptors (Lipinski definition) is 6. The molecule has 1 unspecified atom stereocenters. The maximum atomic E-state index is 16.0. The lowest BCUT2D eigenvalue weighted by molar-refractivity contribution is 0.240. The number of hydrogen-bond donors (Lipinski definition) is 1. The van der Waals surface area contributed by atoms with Gasteiger partial charge in [-0.1, -0.05) is 26.5 Å². The summed E-state index contributed by atoms with van der Waals surface area (Å²) in [5, 5.41) is 8.09. The lowest BCUT2D eigenvalue weighted by Gasteiger charge is -2.37. The number of anilines is 2. The average Bonchev–Trinajstić information content (AvgIpc) is 3.86. The number of benzene rings is 2. The van der Waals surface area contributed by atoms with E-state index >= 15 is 4.39 Å². The molecule has 282 valence electrons. The van der Waals surface area contributed by atoms with Crippen LogP contribution in [0.25, 0.3) is 28.0 Å². The molecule has 2 saturated heterocycles. The summed E-state index contributed by atoms with van der Waals surface area (Å²) in [6, 6.07) is 11.4. The van der Waals surface area contributed by atoms with Gasteiger partial charge in [0.2, 0.25) is 5.95 Å². The molecule has 0 radical (unpaired) electrons. The van der Waals surface area contributed by atoms with Crippen LogP contribution in [0.3, 0.4) is 0 Å². The smallest absolute Gasteiger partial charge is 0.208 e. The van der Waals surface area contributed by atoms with Crippen molar-refractivity contribution in [3.8, 4) is 11.3 Å². The van der Waals surface area contributed by atoms with Crippen LogP contribution in [0.1, 0.15) is 73.9 Å². The normalized spacial score (nSPS) is 20.0. The van der Waals surface area contributed by atoms with Gasteiger partial charge in [0.05, 0.1) is 22.9 Å². The molecule has 2 bridgehead atoms. The quantitative estimate of drug-likeness (QED) is 0.199. The van der Waals surface area contributed by atoms with Crippen molar-refractivity contribution in [3.05, 3.63) is 107 Å². The first kappa shape index (κ1) is 35.9. The summed E-state index contributed by atoms with van der Waals surface area (Å²) in [6.07, 6.45) is 8.49. The number of aryl methyl sites for hydroxylation is 2. The van der Waals surface area contributed by atoms with Crippen LogP contribution in [0.2, 0.25) is 0 Å². The number of aromatic nitrogens is 5. The van der Waals surface area contributed by atoms with Crippen molar-refractivity contribution < 1.29 is 13.2 Å². The van der Waals surface area contributed by atoms with E-state index in [0.29, 0.717) is 35.3 Å². The average molecular weight is 735 g/mol. The van der Waals surface area contributed by atoms with E-state index in [1.165, 1.54) is 17.8 Å². The van der Waals surface area contributed by atoms with E-state index in [0.717, 1.165) is 116 Å². The summed E-state index contributed by atoms with van der Waals surface area (Å²) in [7, 11) is 2.00. The molecule has 0 amide bonds. The van der Waals surface area contributed by atoms with Gasteiger partial charge >= 0.3 is 0 Å². The Kier molecular flexibility index (Phi) is 9.74. The fourth-order valence-corrected chi connectivity index (χ4v) is 8.83. The Balaban J connectivity index is 1.02. The number of halogens is 3. The zero-order valence-electron chi connectivity index (χ0n) is 31.5.